The van der Waals surface area contributed by atoms with Crippen LogP contribution in [0.5, 0.6) is 0 Å². The second-order valence-corrected chi connectivity index (χ2v) is 7.48. The van der Waals surface area contributed by atoms with Gasteiger partial charge in [-0.1, -0.05) is 30.3 Å². The predicted molar refractivity (Wildman–Crippen MR) is 95.4 cm³/mol. The van der Waals surface area contributed by atoms with Crippen LogP contribution in [0.4, 0.5) is 0 Å². The molecule has 3 aliphatic rings. The summed E-state index contributed by atoms with van der Waals surface area (Å²) in [6, 6.07) is 10.7. The summed E-state index contributed by atoms with van der Waals surface area (Å²) in [5.41, 5.74) is 1.40. The molecule has 0 spiro atoms. The summed E-state index contributed by atoms with van der Waals surface area (Å²) >= 11 is 0. The van der Waals surface area contributed by atoms with E-state index in [0.29, 0.717) is 31.7 Å². The molecule has 4 rings (SSSR count). The number of amides is 1. The van der Waals surface area contributed by atoms with Crippen molar-refractivity contribution >= 4 is 5.91 Å². The number of likely N-dealkylation sites (tertiary alicyclic amines) is 1. The molecule has 1 aromatic rings. The fraction of sp³-hybridized carbons (Fsp3) is 0.650. The highest BCUT2D eigenvalue weighted by Crippen LogP contribution is 2.34. The number of nitrogens with zero attached hydrogens (tertiary/aromatic N) is 2. The Morgan fingerprint density at radius 1 is 1.12 bits per heavy atom. The van der Waals surface area contributed by atoms with Crippen molar-refractivity contribution in [2.24, 2.45) is 5.92 Å². The van der Waals surface area contributed by atoms with Crippen molar-refractivity contribution in [2.75, 3.05) is 45.9 Å². The average molecular weight is 344 g/mol. The zero-order valence-corrected chi connectivity index (χ0v) is 14.8. The fourth-order valence-corrected chi connectivity index (χ4v) is 4.33. The van der Waals surface area contributed by atoms with Gasteiger partial charge in [-0.15, -0.1) is 0 Å². The minimum Gasteiger partial charge on any atom is -0.378 e. The van der Waals surface area contributed by atoms with Crippen LogP contribution in [0.1, 0.15) is 18.4 Å². The number of carbonyl (C=O) groups is 1. The van der Waals surface area contributed by atoms with E-state index in [1.807, 2.05) is 4.90 Å². The first-order valence-corrected chi connectivity index (χ1v) is 9.55. The molecule has 0 bridgehead atoms. The Labute approximate surface area is 149 Å². The van der Waals surface area contributed by atoms with Crippen LogP contribution in [-0.4, -0.2) is 73.9 Å². The summed E-state index contributed by atoms with van der Waals surface area (Å²) in [7, 11) is 0. The first kappa shape index (κ1) is 17.0. The Balaban J connectivity index is 1.20. The monoisotopic (exact) mass is 344 g/mol. The van der Waals surface area contributed by atoms with Crippen LogP contribution in [-0.2, 0) is 20.7 Å². The van der Waals surface area contributed by atoms with Crippen molar-refractivity contribution in [1.29, 1.82) is 0 Å². The van der Waals surface area contributed by atoms with Crippen molar-refractivity contribution in [3.63, 3.8) is 0 Å². The van der Waals surface area contributed by atoms with Crippen molar-refractivity contribution < 1.29 is 14.3 Å². The second kappa shape index (κ2) is 7.85. The highest BCUT2D eigenvalue weighted by Gasteiger charge is 2.42. The number of ether oxygens (including phenoxy) is 2. The first-order chi connectivity index (χ1) is 12.3. The standard InChI is InChI=1S/C20H28N2O3/c23-20(22-8-10-24-11-9-22)13-18-12-17-14-21(15-19(17)25-18)7-6-16-4-2-1-3-5-16/h1-5,17-19H,6-15H2/t17-,18+,19+/m1/s1. The molecule has 0 aromatic heterocycles. The van der Waals surface area contributed by atoms with Crippen LogP contribution in [0, 0.1) is 5.92 Å². The van der Waals surface area contributed by atoms with Crippen molar-refractivity contribution in [3.05, 3.63) is 35.9 Å². The van der Waals surface area contributed by atoms with Gasteiger partial charge in [0, 0.05) is 38.6 Å². The van der Waals surface area contributed by atoms with Crippen molar-refractivity contribution in [1.82, 2.24) is 9.80 Å². The average Bonchev–Trinajstić information content (AvgIpc) is 3.19. The van der Waals surface area contributed by atoms with Gasteiger partial charge >= 0.3 is 0 Å². The summed E-state index contributed by atoms with van der Waals surface area (Å²) in [4.78, 5) is 16.8. The molecule has 25 heavy (non-hydrogen) atoms. The van der Waals surface area contributed by atoms with E-state index in [1.54, 1.807) is 0 Å². The number of benzene rings is 1. The number of carbonyl (C=O) groups excluding carboxylic acids is 1. The van der Waals surface area contributed by atoms with Gasteiger partial charge in [0.25, 0.3) is 0 Å². The normalized spacial score (nSPS) is 29.8. The Kier molecular flexibility index (Phi) is 5.34. The molecule has 0 unspecified atom stereocenters. The predicted octanol–water partition coefficient (Wildman–Crippen LogP) is 1.57. The Hall–Kier alpha value is -1.43. The summed E-state index contributed by atoms with van der Waals surface area (Å²) in [5.74, 6) is 0.826. The molecule has 3 atom stereocenters. The van der Waals surface area contributed by atoms with E-state index in [9.17, 15) is 4.79 Å². The van der Waals surface area contributed by atoms with E-state index >= 15 is 0 Å². The Morgan fingerprint density at radius 2 is 1.92 bits per heavy atom. The largest absolute Gasteiger partial charge is 0.378 e. The fourth-order valence-electron chi connectivity index (χ4n) is 4.33. The third-order valence-electron chi connectivity index (χ3n) is 5.72. The SMILES string of the molecule is O=C(C[C@@H]1C[C@@H]2CN(CCc3ccccc3)C[C@@H]2O1)N1CCOCC1. The van der Waals surface area contributed by atoms with Crippen LogP contribution < -0.4 is 0 Å². The molecule has 0 aliphatic carbocycles. The zero-order valence-electron chi connectivity index (χ0n) is 14.8. The second-order valence-electron chi connectivity index (χ2n) is 7.48. The lowest BCUT2D eigenvalue weighted by molar-refractivity contribution is -0.138. The highest BCUT2D eigenvalue weighted by molar-refractivity contribution is 5.76. The zero-order chi connectivity index (χ0) is 17.1. The third-order valence-corrected chi connectivity index (χ3v) is 5.72. The molecule has 1 amide bonds. The number of fused-ring (bicyclic) bond motifs is 1. The maximum atomic E-state index is 12.4. The third kappa shape index (κ3) is 4.22. The number of morpholine rings is 1. The van der Waals surface area contributed by atoms with E-state index in [4.69, 9.17) is 9.47 Å². The maximum absolute atomic E-state index is 12.4. The molecule has 136 valence electrons. The number of hydrogen-bond acceptors (Lipinski definition) is 4. The lowest BCUT2D eigenvalue weighted by atomic mass is 10.0. The molecular weight excluding hydrogens is 316 g/mol. The van der Waals surface area contributed by atoms with Gasteiger partial charge in [0.05, 0.1) is 31.8 Å². The van der Waals surface area contributed by atoms with Crippen LogP contribution in [0.15, 0.2) is 30.3 Å². The van der Waals surface area contributed by atoms with Gasteiger partial charge in [0.2, 0.25) is 5.91 Å². The Morgan fingerprint density at radius 3 is 2.68 bits per heavy atom. The molecule has 3 saturated heterocycles. The molecular formula is C20H28N2O3. The smallest absolute Gasteiger partial charge is 0.225 e. The quantitative estimate of drug-likeness (QED) is 0.813. The van der Waals surface area contributed by atoms with Crippen LogP contribution in [0.2, 0.25) is 0 Å². The molecule has 1 aromatic carbocycles. The van der Waals surface area contributed by atoms with Crippen molar-refractivity contribution in [3.8, 4) is 0 Å². The van der Waals surface area contributed by atoms with E-state index < -0.39 is 0 Å². The number of rotatable bonds is 5. The minimum absolute atomic E-state index is 0.113. The molecule has 5 nitrogen and oxygen atoms in total. The van der Waals surface area contributed by atoms with Gasteiger partial charge in [0.15, 0.2) is 0 Å². The highest BCUT2D eigenvalue weighted by atomic mass is 16.5. The molecule has 3 heterocycles. The molecule has 0 saturated carbocycles. The van der Waals surface area contributed by atoms with Gasteiger partial charge in [-0.25, -0.2) is 0 Å². The van der Waals surface area contributed by atoms with Gasteiger partial charge in [-0.05, 0) is 18.4 Å². The maximum Gasteiger partial charge on any atom is 0.225 e. The van der Waals surface area contributed by atoms with Crippen LogP contribution >= 0.6 is 0 Å². The van der Waals surface area contributed by atoms with Gasteiger partial charge in [0.1, 0.15) is 0 Å². The van der Waals surface area contributed by atoms with Crippen LogP contribution in [0.25, 0.3) is 0 Å². The summed E-state index contributed by atoms with van der Waals surface area (Å²) in [6.07, 6.45) is 3.10. The van der Waals surface area contributed by atoms with Gasteiger partial charge < -0.3 is 19.3 Å². The number of hydrogen-bond donors (Lipinski definition) is 0. The summed E-state index contributed by atoms with van der Waals surface area (Å²) in [6.45, 7) is 6.01. The molecule has 3 aliphatic heterocycles. The Bertz CT molecular complexity index is 560. The van der Waals surface area contributed by atoms with E-state index in [2.05, 4.69) is 35.2 Å². The van der Waals surface area contributed by atoms with Gasteiger partial charge in [-0.2, -0.15) is 0 Å². The molecule has 3 fully saturated rings. The molecule has 5 heteroatoms. The summed E-state index contributed by atoms with van der Waals surface area (Å²) < 4.78 is 11.5. The van der Waals surface area contributed by atoms with E-state index in [1.165, 1.54) is 5.56 Å². The van der Waals surface area contributed by atoms with E-state index in [-0.39, 0.29) is 12.0 Å². The van der Waals surface area contributed by atoms with Crippen molar-refractivity contribution in [2.45, 2.75) is 31.5 Å². The van der Waals surface area contributed by atoms with Gasteiger partial charge in [-0.3, -0.25) is 4.79 Å². The van der Waals surface area contributed by atoms with Crippen LogP contribution in [0.3, 0.4) is 0 Å². The topological polar surface area (TPSA) is 42.0 Å². The summed E-state index contributed by atoms with van der Waals surface area (Å²) in [5, 5.41) is 0. The first-order valence-electron chi connectivity index (χ1n) is 9.55. The van der Waals surface area contributed by atoms with E-state index in [0.717, 1.165) is 45.6 Å². The molecule has 0 N–H and O–H groups in total. The molecule has 0 radical (unpaired) electrons. The lowest BCUT2D eigenvalue weighted by Gasteiger charge is -2.28. The minimum atomic E-state index is 0.113. The lowest BCUT2D eigenvalue weighted by Crippen LogP contribution is -2.42.